The van der Waals surface area contributed by atoms with Crippen molar-refractivity contribution >= 4 is 29.9 Å². The van der Waals surface area contributed by atoms with Crippen molar-refractivity contribution in [2.75, 3.05) is 19.8 Å². The highest BCUT2D eigenvalue weighted by Gasteiger charge is 2.17. The first kappa shape index (κ1) is 24.4. The van der Waals surface area contributed by atoms with Crippen LogP contribution in [0, 0.1) is 6.92 Å². The van der Waals surface area contributed by atoms with E-state index in [4.69, 9.17) is 14.5 Å². The smallest absolute Gasteiger partial charge is 0.191 e. The fraction of sp³-hybridized carbons (Fsp3) is 0.571. The molecule has 0 amide bonds. The predicted octanol–water partition coefficient (Wildman–Crippen LogP) is 3.04. The lowest BCUT2D eigenvalue weighted by Crippen LogP contribution is -2.37. The van der Waals surface area contributed by atoms with E-state index in [1.54, 1.807) is 6.33 Å². The van der Waals surface area contributed by atoms with Crippen LogP contribution in [0.25, 0.3) is 0 Å². The Morgan fingerprint density at radius 3 is 2.93 bits per heavy atom. The van der Waals surface area contributed by atoms with Gasteiger partial charge in [0.15, 0.2) is 11.8 Å². The second kappa shape index (κ2) is 12.7. The Hall–Kier alpha value is -1.88. The van der Waals surface area contributed by atoms with Gasteiger partial charge in [0, 0.05) is 25.3 Å². The van der Waals surface area contributed by atoms with Gasteiger partial charge in [-0.05, 0) is 45.2 Å². The van der Waals surface area contributed by atoms with Crippen LogP contribution in [0.3, 0.4) is 0 Å². The average molecular weight is 528 g/mol. The van der Waals surface area contributed by atoms with Crippen molar-refractivity contribution in [3.63, 3.8) is 0 Å². The largest absolute Gasteiger partial charge is 0.491 e. The zero-order valence-electron chi connectivity index (χ0n) is 18.1. The van der Waals surface area contributed by atoms with Crippen LogP contribution in [0.4, 0.5) is 0 Å². The highest BCUT2D eigenvalue weighted by atomic mass is 127. The van der Waals surface area contributed by atoms with Gasteiger partial charge in [0.25, 0.3) is 0 Å². The Bertz CT molecular complexity index is 805. The number of benzene rings is 1. The number of nitrogens with zero attached hydrogens (tertiary/aromatic N) is 4. The van der Waals surface area contributed by atoms with Gasteiger partial charge < -0.3 is 24.7 Å². The fourth-order valence-electron chi connectivity index (χ4n) is 3.23. The molecule has 1 fully saturated rings. The third-order valence-electron chi connectivity index (χ3n) is 4.87. The number of aryl methyl sites for hydroxylation is 2. The van der Waals surface area contributed by atoms with Crippen LogP contribution >= 0.6 is 24.0 Å². The number of hydrogen-bond acceptors (Lipinski definition) is 5. The third-order valence-corrected chi connectivity index (χ3v) is 4.87. The van der Waals surface area contributed by atoms with Gasteiger partial charge in [-0.25, -0.2) is 4.99 Å². The molecule has 30 heavy (non-hydrogen) atoms. The summed E-state index contributed by atoms with van der Waals surface area (Å²) in [4.78, 5) is 4.73. The van der Waals surface area contributed by atoms with Crippen LogP contribution in [-0.2, 0) is 24.4 Å². The molecule has 1 aromatic heterocycles. The van der Waals surface area contributed by atoms with Crippen LogP contribution in [0.1, 0.15) is 43.6 Å². The fourth-order valence-corrected chi connectivity index (χ4v) is 3.23. The summed E-state index contributed by atoms with van der Waals surface area (Å²) >= 11 is 0. The Morgan fingerprint density at radius 1 is 1.33 bits per heavy atom. The first-order valence-corrected chi connectivity index (χ1v) is 10.4. The van der Waals surface area contributed by atoms with E-state index in [9.17, 15) is 0 Å². The molecule has 8 nitrogen and oxygen atoms in total. The van der Waals surface area contributed by atoms with Crippen molar-refractivity contribution in [1.82, 2.24) is 25.4 Å². The zero-order chi connectivity index (χ0) is 20.5. The number of aromatic nitrogens is 3. The molecule has 0 aliphatic carbocycles. The average Bonchev–Trinajstić information content (AvgIpc) is 3.41. The molecule has 2 aromatic rings. The number of rotatable bonds is 9. The number of halogens is 1. The summed E-state index contributed by atoms with van der Waals surface area (Å²) in [6.45, 7) is 10.3. The number of guanidine groups is 1. The molecule has 1 aromatic carbocycles. The van der Waals surface area contributed by atoms with Gasteiger partial charge in [-0.3, -0.25) is 0 Å². The normalized spacial score (nSPS) is 16.2. The molecule has 1 aliphatic rings. The molecular weight excluding hydrogens is 495 g/mol. The van der Waals surface area contributed by atoms with Gasteiger partial charge in [0.2, 0.25) is 0 Å². The maximum atomic E-state index is 6.09. The van der Waals surface area contributed by atoms with Crippen LogP contribution in [0.2, 0.25) is 0 Å². The molecule has 9 heteroatoms. The molecule has 1 atom stereocenters. The molecule has 0 saturated carbocycles. The minimum Gasteiger partial charge on any atom is -0.491 e. The summed E-state index contributed by atoms with van der Waals surface area (Å²) < 4.78 is 13.8. The Kier molecular flexibility index (Phi) is 10.4. The summed E-state index contributed by atoms with van der Waals surface area (Å²) in [5.74, 6) is 2.50. The minimum absolute atomic E-state index is 0. The molecule has 2 N–H and O–H groups in total. The van der Waals surface area contributed by atoms with Gasteiger partial charge in [-0.2, -0.15) is 0 Å². The van der Waals surface area contributed by atoms with E-state index in [0.717, 1.165) is 55.6 Å². The van der Waals surface area contributed by atoms with Crippen molar-refractivity contribution in [2.45, 2.75) is 59.4 Å². The SMILES string of the molecule is CCNC(=NCc1ccc(C)cc1OCC1CCCO1)NCc1nncn1CC.I. The van der Waals surface area contributed by atoms with E-state index >= 15 is 0 Å². The molecule has 3 rings (SSSR count). The summed E-state index contributed by atoms with van der Waals surface area (Å²) in [5.41, 5.74) is 2.23. The molecular formula is C21H33IN6O2. The van der Waals surface area contributed by atoms with Crippen LogP contribution in [0.15, 0.2) is 29.5 Å². The quantitative estimate of drug-likeness (QED) is 0.296. The van der Waals surface area contributed by atoms with Crippen molar-refractivity contribution in [3.05, 3.63) is 41.5 Å². The van der Waals surface area contributed by atoms with Crippen LogP contribution in [-0.4, -0.2) is 46.6 Å². The van der Waals surface area contributed by atoms with Gasteiger partial charge >= 0.3 is 0 Å². The lowest BCUT2D eigenvalue weighted by molar-refractivity contribution is 0.0676. The highest BCUT2D eigenvalue weighted by molar-refractivity contribution is 14.0. The van der Waals surface area contributed by atoms with Gasteiger partial charge in [0.05, 0.1) is 19.2 Å². The van der Waals surface area contributed by atoms with E-state index in [-0.39, 0.29) is 30.1 Å². The third kappa shape index (κ3) is 7.12. The number of aliphatic imine (C=N–C) groups is 1. The molecule has 0 bridgehead atoms. The summed E-state index contributed by atoms with van der Waals surface area (Å²) in [5, 5.41) is 14.7. The Labute approximate surface area is 195 Å². The highest BCUT2D eigenvalue weighted by Crippen LogP contribution is 2.23. The van der Waals surface area contributed by atoms with E-state index in [2.05, 4.69) is 52.9 Å². The lowest BCUT2D eigenvalue weighted by Gasteiger charge is -2.15. The van der Waals surface area contributed by atoms with Gasteiger partial charge in [-0.1, -0.05) is 12.1 Å². The van der Waals surface area contributed by atoms with Gasteiger partial charge in [-0.15, -0.1) is 34.2 Å². The molecule has 0 spiro atoms. The topological polar surface area (TPSA) is 85.6 Å². The minimum atomic E-state index is 0. The van der Waals surface area contributed by atoms with Crippen molar-refractivity contribution in [2.24, 2.45) is 4.99 Å². The van der Waals surface area contributed by atoms with Crippen molar-refractivity contribution < 1.29 is 9.47 Å². The molecule has 1 unspecified atom stereocenters. The second-order valence-corrected chi connectivity index (χ2v) is 7.14. The summed E-state index contributed by atoms with van der Waals surface area (Å²) in [6, 6.07) is 6.25. The van der Waals surface area contributed by atoms with Crippen LogP contribution in [0.5, 0.6) is 5.75 Å². The maximum absolute atomic E-state index is 6.09. The molecule has 2 heterocycles. The van der Waals surface area contributed by atoms with E-state index in [1.165, 1.54) is 5.56 Å². The lowest BCUT2D eigenvalue weighted by atomic mass is 10.1. The molecule has 1 aliphatic heterocycles. The number of nitrogens with one attached hydrogen (secondary N) is 2. The van der Waals surface area contributed by atoms with Gasteiger partial charge in [0.1, 0.15) is 18.7 Å². The summed E-state index contributed by atoms with van der Waals surface area (Å²) in [7, 11) is 0. The molecule has 0 radical (unpaired) electrons. The van der Waals surface area contributed by atoms with E-state index < -0.39 is 0 Å². The standard InChI is InChI=1S/C21H32N6O2.HI/c1-4-22-21(24-13-20-26-25-15-27(20)5-2)23-12-17-9-8-16(3)11-19(17)29-14-18-7-6-10-28-18;/h8-9,11,15,18H,4-7,10,12-14H2,1-3H3,(H2,22,23,24);1H. The monoisotopic (exact) mass is 528 g/mol. The summed E-state index contributed by atoms with van der Waals surface area (Å²) in [6.07, 6.45) is 4.12. The van der Waals surface area contributed by atoms with Crippen molar-refractivity contribution in [3.8, 4) is 5.75 Å². The van der Waals surface area contributed by atoms with Crippen LogP contribution < -0.4 is 15.4 Å². The first-order chi connectivity index (χ1) is 14.2. The van der Waals surface area contributed by atoms with E-state index in [1.807, 2.05) is 11.5 Å². The zero-order valence-corrected chi connectivity index (χ0v) is 20.4. The number of ether oxygens (including phenoxy) is 2. The molecule has 166 valence electrons. The number of hydrogen-bond donors (Lipinski definition) is 2. The van der Waals surface area contributed by atoms with Crippen molar-refractivity contribution in [1.29, 1.82) is 0 Å². The Morgan fingerprint density at radius 2 is 2.20 bits per heavy atom. The Balaban J connectivity index is 0.00000320. The van der Waals surface area contributed by atoms with E-state index in [0.29, 0.717) is 19.7 Å². The molecule has 1 saturated heterocycles. The second-order valence-electron chi connectivity index (χ2n) is 7.14. The first-order valence-electron chi connectivity index (χ1n) is 10.4. The predicted molar refractivity (Wildman–Crippen MR) is 128 cm³/mol. The maximum Gasteiger partial charge on any atom is 0.191 e.